The molecule has 2 saturated carbocycles. The molecule has 0 N–H and O–H groups in total. The smallest absolute Gasteiger partial charge is 0.120 e. The van der Waals surface area contributed by atoms with Crippen LogP contribution in [0.3, 0.4) is 0 Å². The van der Waals surface area contributed by atoms with Gasteiger partial charge in [0.05, 0.1) is 12.7 Å². The van der Waals surface area contributed by atoms with Gasteiger partial charge in [0.15, 0.2) is 0 Å². The van der Waals surface area contributed by atoms with E-state index in [0.29, 0.717) is 35.7 Å². The third-order valence-corrected chi connectivity index (χ3v) is 6.60. The number of carbonyl (C=O) groups excluding carboxylic acids is 1. The minimum atomic E-state index is 0.363. The molecule has 2 aliphatic carbocycles. The summed E-state index contributed by atoms with van der Waals surface area (Å²) in [4.78, 5) is 10.9. The molecule has 0 amide bonds. The largest absolute Gasteiger partial charge is 0.373 e. The van der Waals surface area contributed by atoms with Gasteiger partial charge < -0.3 is 9.53 Å². The Hall–Kier alpha value is -1.15. The van der Waals surface area contributed by atoms with Crippen molar-refractivity contribution in [2.75, 3.05) is 0 Å². The van der Waals surface area contributed by atoms with Crippen molar-refractivity contribution in [3.05, 3.63) is 35.9 Å². The highest BCUT2D eigenvalue weighted by Gasteiger charge is 2.52. The van der Waals surface area contributed by atoms with Gasteiger partial charge in [-0.25, -0.2) is 0 Å². The first-order valence-electron chi connectivity index (χ1n) is 9.24. The van der Waals surface area contributed by atoms with E-state index < -0.39 is 0 Å². The zero-order chi connectivity index (χ0) is 16.3. The topological polar surface area (TPSA) is 26.3 Å². The fourth-order valence-corrected chi connectivity index (χ4v) is 5.39. The first-order valence-corrected chi connectivity index (χ1v) is 9.24. The molecule has 5 atom stereocenters. The zero-order valence-corrected chi connectivity index (χ0v) is 14.5. The van der Waals surface area contributed by atoms with Crippen molar-refractivity contribution >= 4 is 6.29 Å². The molecule has 3 unspecified atom stereocenters. The average molecular weight is 314 g/mol. The van der Waals surface area contributed by atoms with E-state index in [1.165, 1.54) is 37.7 Å². The quantitative estimate of drug-likeness (QED) is 0.690. The number of benzene rings is 1. The number of hydrogen-bond acceptors (Lipinski definition) is 2. The molecular formula is C21H30O2. The Morgan fingerprint density at radius 1 is 1.26 bits per heavy atom. The summed E-state index contributed by atoms with van der Waals surface area (Å²) in [6.07, 6.45) is 8.50. The molecule has 0 bridgehead atoms. The highest BCUT2D eigenvalue weighted by Crippen LogP contribution is 2.58. The van der Waals surface area contributed by atoms with Crippen molar-refractivity contribution in [2.45, 2.75) is 65.1 Å². The van der Waals surface area contributed by atoms with E-state index in [2.05, 4.69) is 44.2 Å². The van der Waals surface area contributed by atoms with E-state index in [1.54, 1.807) is 0 Å². The Balaban J connectivity index is 1.67. The Bertz CT molecular complexity index is 512. The number of aldehydes is 1. The van der Waals surface area contributed by atoms with Crippen molar-refractivity contribution < 1.29 is 9.53 Å². The standard InChI is InChI=1S/C21H30O2/c1-16(12-14-22)18-10-11-19-20(9-6-13-21(18,19)2)23-15-17-7-4-3-5-8-17/h3-5,7-8,14,16,18-20H,6,9-13,15H2,1-2H3/t16-,18?,19?,20?,21-/m1/s1. The van der Waals surface area contributed by atoms with Crippen LogP contribution in [0.5, 0.6) is 0 Å². The van der Waals surface area contributed by atoms with Gasteiger partial charge in [-0.3, -0.25) is 0 Å². The summed E-state index contributed by atoms with van der Waals surface area (Å²) in [5.74, 6) is 1.86. The fourth-order valence-electron chi connectivity index (χ4n) is 5.39. The predicted molar refractivity (Wildman–Crippen MR) is 93.0 cm³/mol. The molecule has 2 aliphatic rings. The summed E-state index contributed by atoms with van der Waals surface area (Å²) in [5.41, 5.74) is 1.63. The molecular weight excluding hydrogens is 284 g/mol. The molecule has 0 saturated heterocycles. The maximum atomic E-state index is 10.9. The van der Waals surface area contributed by atoms with Gasteiger partial charge in [-0.05, 0) is 54.4 Å². The summed E-state index contributed by atoms with van der Waals surface area (Å²) in [6.45, 7) is 5.46. The van der Waals surface area contributed by atoms with Crippen LogP contribution in [0.15, 0.2) is 30.3 Å². The Morgan fingerprint density at radius 3 is 2.78 bits per heavy atom. The molecule has 23 heavy (non-hydrogen) atoms. The second-order valence-electron chi connectivity index (χ2n) is 7.90. The van der Waals surface area contributed by atoms with Gasteiger partial charge in [0.1, 0.15) is 6.29 Å². The number of ether oxygens (including phenoxy) is 1. The summed E-state index contributed by atoms with van der Waals surface area (Å²) < 4.78 is 6.37. The van der Waals surface area contributed by atoms with Crippen molar-refractivity contribution in [3.8, 4) is 0 Å². The number of hydrogen-bond donors (Lipinski definition) is 0. The molecule has 0 spiro atoms. The molecule has 0 radical (unpaired) electrons. The molecule has 2 heteroatoms. The second kappa shape index (κ2) is 7.17. The van der Waals surface area contributed by atoms with E-state index >= 15 is 0 Å². The summed E-state index contributed by atoms with van der Waals surface area (Å²) in [6, 6.07) is 10.5. The molecule has 0 aliphatic heterocycles. The van der Waals surface area contributed by atoms with Gasteiger partial charge in [-0.15, -0.1) is 0 Å². The van der Waals surface area contributed by atoms with Crippen LogP contribution in [-0.2, 0) is 16.1 Å². The van der Waals surface area contributed by atoms with Crippen LogP contribution < -0.4 is 0 Å². The van der Waals surface area contributed by atoms with Crippen molar-refractivity contribution in [1.82, 2.24) is 0 Å². The lowest BCUT2D eigenvalue weighted by molar-refractivity contribution is -0.109. The molecule has 1 aromatic rings. The van der Waals surface area contributed by atoms with Crippen LogP contribution in [0.25, 0.3) is 0 Å². The van der Waals surface area contributed by atoms with Crippen LogP contribution >= 0.6 is 0 Å². The van der Waals surface area contributed by atoms with Gasteiger partial charge in [0.25, 0.3) is 0 Å². The minimum absolute atomic E-state index is 0.363. The van der Waals surface area contributed by atoms with Crippen LogP contribution in [0, 0.1) is 23.2 Å². The second-order valence-corrected chi connectivity index (χ2v) is 7.90. The molecule has 1 aromatic carbocycles. The average Bonchev–Trinajstić information content (AvgIpc) is 2.91. The van der Waals surface area contributed by atoms with Gasteiger partial charge in [0, 0.05) is 6.42 Å². The lowest BCUT2D eigenvalue weighted by Crippen LogP contribution is -2.42. The number of carbonyl (C=O) groups is 1. The van der Waals surface area contributed by atoms with E-state index in [9.17, 15) is 4.79 Å². The van der Waals surface area contributed by atoms with Crippen LogP contribution in [-0.4, -0.2) is 12.4 Å². The Kier molecular flexibility index (Phi) is 5.21. The normalized spacial score (nSPS) is 34.8. The molecule has 2 nitrogen and oxygen atoms in total. The van der Waals surface area contributed by atoms with Gasteiger partial charge in [0.2, 0.25) is 0 Å². The van der Waals surface area contributed by atoms with Crippen molar-refractivity contribution in [1.29, 1.82) is 0 Å². The monoisotopic (exact) mass is 314 g/mol. The summed E-state index contributed by atoms with van der Waals surface area (Å²) in [7, 11) is 0. The number of fused-ring (bicyclic) bond motifs is 1. The van der Waals surface area contributed by atoms with E-state index in [4.69, 9.17) is 4.74 Å². The van der Waals surface area contributed by atoms with Gasteiger partial charge >= 0.3 is 0 Å². The Labute approximate surface area is 140 Å². The summed E-state index contributed by atoms with van der Waals surface area (Å²) in [5, 5.41) is 0. The molecule has 2 fully saturated rings. The van der Waals surface area contributed by atoms with E-state index in [-0.39, 0.29) is 0 Å². The van der Waals surface area contributed by atoms with Crippen LogP contribution in [0.1, 0.15) is 57.9 Å². The lowest BCUT2D eigenvalue weighted by atomic mass is 9.61. The SMILES string of the molecule is C[C@H](CC=O)C1CCC2C(OCc3ccccc3)CCC[C@@]21C. The molecule has 3 rings (SSSR count). The highest BCUT2D eigenvalue weighted by molar-refractivity contribution is 5.49. The molecule has 126 valence electrons. The predicted octanol–water partition coefficient (Wildman–Crippen LogP) is 5.01. The van der Waals surface area contributed by atoms with Crippen molar-refractivity contribution in [2.24, 2.45) is 23.2 Å². The molecule has 0 aromatic heterocycles. The number of rotatable bonds is 6. The third kappa shape index (κ3) is 3.38. The minimum Gasteiger partial charge on any atom is -0.373 e. The Morgan fingerprint density at radius 2 is 2.04 bits per heavy atom. The van der Waals surface area contributed by atoms with Gasteiger partial charge in [-0.1, -0.05) is 50.6 Å². The van der Waals surface area contributed by atoms with Crippen LogP contribution in [0.4, 0.5) is 0 Å². The summed E-state index contributed by atoms with van der Waals surface area (Å²) >= 11 is 0. The fraction of sp³-hybridized carbons (Fsp3) is 0.667. The van der Waals surface area contributed by atoms with E-state index in [1.807, 2.05) is 0 Å². The molecule has 0 heterocycles. The van der Waals surface area contributed by atoms with Gasteiger partial charge in [-0.2, -0.15) is 0 Å². The maximum Gasteiger partial charge on any atom is 0.120 e. The maximum absolute atomic E-state index is 10.9. The van der Waals surface area contributed by atoms with Crippen LogP contribution in [0.2, 0.25) is 0 Å². The lowest BCUT2D eigenvalue weighted by Gasteiger charge is -2.46. The third-order valence-electron chi connectivity index (χ3n) is 6.60. The van der Waals surface area contributed by atoms with E-state index in [0.717, 1.165) is 12.9 Å². The first kappa shape index (κ1) is 16.7. The first-order chi connectivity index (χ1) is 11.1. The highest BCUT2D eigenvalue weighted by atomic mass is 16.5. The van der Waals surface area contributed by atoms with Crippen molar-refractivity contribution in [3.63, 3.8) is 0 Å². The zero-order valence-electron chi connectivity index (χ0n) is 14.5.